The lowest BCUT2D eigenvalue weighted by molar-refractivity contribution is 0.660. The molecule has 4 nitrogen and oxygen atoms in total. The number of hydrogen-bond acceptors (Lipinski definition) is 3. The third-order valence-corrected chi connectivity index (χ3v) is 13.2. The molecule has 2 aliphatic rings. The maximum atomic E-state index is 5.52. The van der Waals surface area contributed by atoms with Crippen molar-refractivity contribution >= 4 is 55.6 Å². The molecule has 8 aromatic carbocycles. The van der Waals surface area contributed by atoms with Gasteiger partial charge < -0.3 is 9.47 Å². The molecule has 0 N–H and O–H groups in total. The fourth-order valence-corrected chi connectivity index (χ4v) is 10.1. The SMILES string of the molecule is CC1(C)c2ccccc2-c2cc(-c3cccc4nc(-c5ccc(N(c6ccccc6)c6ccc7c(c6)c6ccccc6n7C6=CCCC=C6)cc5)c(-c5ccccc5)nc34)ccc21. The first kappa shape index (κ1) is 37.0. The van der Waals surface area contributed by atoms with E-state index in [1.165, 1.54) is 49.8 Å². The standard InChI is InChI=1S/C59H44N4/c1-59(2)51-26-14-12-23-47(51)49-37-41(31-35-52(49)59)46-25-16-27-53-58(46)61-57(39-17-6-3-7-18-39)56(60-53)40-29-32-44(33-30-40)62(42-19-8-4-9-20-42)45-34-36-55-50(38-45)48-24-13-15-28-54(48)63(55)43-21-10-5-11-22-43/h3-4,6-10,12-38H,5,11H2,1-2H3. The van der Waals surface area contributed by atoms with Crippen molar-refractivity contribution in [3.8, 4) is 44.8 Å². The van der Waals surface area contributed by atoms with Gasteiger partial charge in [0.1, 0.15) is 0 Å². The van der Waals surface area contributed by atoms with Crippen molar-refractivity contribution in [1.29, 1.82) is 0 Å². The number of fused-ring (bicyclic) bond motifs is 7. The molecule has 2 aliphatic carbocycles. The average Bonchev–Trinajstić information content (AvgIpc) is 3.79. The molecular weight excluding hydrogens is 765 g/mol. The van der Waals surface area contributed by atoms with Gasteiger partial charge in [0, 0.05) is 55.6 Å². The van der Waals surface area contributed by atoms with Gasteiger partial charge in [-0.25, -0.2) is 9.97 Å². The van der Waals surface area contributed by atoms with Gasteiger partial charge >= 0.3 is 0 Å². The third-order valence-electron chi connectivity index (χ3n) is 13.2. The number of rotatable bonds is 7. The Bertz CT molecular complexity index is 3470. The van der Waals surface area contributed by atoms with Crippen LogP contribution in [-0.4, -0.2) is 14.5 Å². The van der Waals surface area contributed by atoms with E-state index in [2.05, 4.69) is 230 Å². The second kappa shape index (κ2) is 14.7. The predicted molar refractivity (Wildman–Crippen MR) is 264 cm³/mol. The highest BCUT2D eigenvalue weighted by Crippen LogP contribution is 2.50. The number of allylic oxidation sites excluding steroid dienone is 4. The van der Waals surface area contributed by atoms with E-state index >= 15 is 0 Å². The van der Waals surface area contributed by atoms with Crippen LogP contribution in [-0.2, 0) is 5.41 Å². The molecular formula is C59H44N4. The second-order valence-electron chi connectivity index (χ2n) is 17.3. The Kier molecular flexibility index (Phi) is 8.62. The van der Waals surface area contributed by atoms with Gasteiger partial charge in [0.15, 0.2) is 0 Å². The summed E-state index contributed by atoms with van der Waals surface area (Å²) >= 11 is 0. The van der Waals surface area contributed by atoms with Gasteiger partial charge in [-0.3, -0.25) is 0 Å². The van der Waals surface area contributed by atoms with Crippen LogP contribution in [0.5, 0.6) is 0 Å². The zero-order chi connectivity index (χ0) is 42.1. The zero-order valence-corrected chi connectivity index (χ0v) is 35.3. The Labute approximate surface area is 367 Å². The number of hydrogen-bond donors (Lipinski definition) is 0. The minimum atomic E-state index is -0.0499. The molecule has 2 heterocycles. The second-order valence-corrected chi connectivity index (χ2v) is 17.3. The summed E-state index contributed by atoms with van der Waals surface area (Å²) in [5.74, 6) is 0. The molecule has 2 aromatic heterocycles. The number of anilines is 3. The van der Waals surface area contributed by atoms with Crippen LogP contribution in [0.2, 0.25) is 0 Å². The van der Waals surface area contributed by atoms with Gasteiger partial charge in [-0.05, 0) is 107 Å². The highest BCUT2D eigenvalue weighted by molar-refractivity contribution is 6.12. The Balaban J connectivity index is 0.975. The topological polar surface area (TPSA) is 34.0 Å². The van der Waals surface area contributed by atoms with Gasteiger partial charge in [-0.15, -0.1) is 0 Å². The molecule has 0 saturated carbocycles. The summed E-state index contributed by atoms with van der Waals surface area (Å²) in [6.45, 7) is 4.65. The molecule has 0 fully saturated rings. The lowest BCUT2D eigenvalue weighted by atomic mass is 9.82. The quantitative estimate of drug-likeness (QED) is 0.161. The van der Waals surface area contributed by atoms with Gasteiger partial charge in [0.05, 0.1) is 33.5 Å². The van der Waals surface area contributed by atoms with Crippen LogP contribution in [0.1, 0.15) is 37.8 Å². The third kappa shape index (κ3) is 6.05. The van der Waals surface area contributed by atoms with Crippen molar-refractivity contribution < 1.29 is 0 Å². The lowest BCUT2D eigenvalue weighted by Crippen LogP contribution is -2.14. The summed E-state index contributed by atoms with van der Waals surface area (Å²) < 4.78 is 2.41. The normalized spacial score (nSPS) is 13.9. The van der Waals surface area contributed by atoms with Crippen LogP contribution in [0.15, 0.2) is 206 Å². The van der Waals surface area contributed by atoms with E-state index in [-0.39, 0.29) is 5.41 Å². The first-order valence-corrected chi connectivity index (χ1v) is 22.0. The van der Waals surface area contributed by atoms with Crippen LogP contribution in [0.3, 0.4) is 0 Å². The Morgan fingerprint density at radius 1 is 0.476 bits per heavy atom. The summed E-state index contributed by atoms with van der Waals surface area (Å²) in [5, 5.41) is 2.47. The molecule has 0 bridgehead atoms. The number of aromatic nitrogens is 3. The van der Waals surface area contributed by atoms with E-state index < -0.39 is 0 Å². The van der Waals surface area contributed by atoms with Gasteiger partial charge in [0.25, 0.3) is 0 Å². The molecule has 0 atom stereocenters. The van der Waals surface area contributed by atoms with Gasteiger partial charge in [-0.1, -0.05) is 153 Å². The lowest BCUT2D eigenvalue weighted by Gasteiger charge is -2.26. The molecule has 0 amide bonds. The molecule has 12 rings (SSSR count). The molecule has 300 valence electrons. The molecule has 0 unspecified atom stereocenters. The van der Waals surface area contributed by atoms with Crippen molar-refractivity contribution in [3.05, 3.63) is 217 Å². The largest absolute Gasteiger partial charge is 0.310 e. The molecule has 0 radical (unpaired) electrons. The van der Waals surface area contributed by atoms with Crippen molar-refractivity contribution in [2.75, 3.05) is 4.90 Å². The van der Waals surface area contributed by atoms with Crippen LogP contribution in [0, 0.1) is 0 Å². The number of nitrogens with zero attached hydrogens (tertiary/aromatic N) is 4. The summed E-state index contributed by atoms with van der Waals surface area (Å²) in [6, 6.07) is 67.8. The van der Waals surface area contributed by atoms with E-state index in [1.54, 1.807) is 0 Å². The first-order chi connectivity index (χ1) is 31.0. The van der Waals surface area contributed by atoms with Gasteiger partial charge in [-0.2, -0.15) is 0 Å². The molecule has 4 heteroatoms. The molecule has 63 heavy (non-hydrogen) atoms. The number of benzene rings is 8. The minimum absolute atomic E-state index is 0.0499. The van der Waals surface area contributed by atoms with Crippen molar-refractivity contribution in [2.45, 2.75) is 32.1 Å². The van der Waals surface area contributed by atoms with Crippen LogP contribution >= 0.6 is 0 Å². The van der Waals surface area contributed by atoms with E-state index in [0.29, 0.717) is 0 Å². The Morgan fingerprint density at radius 2 is 1.13 bits per heavy atom. The zero-order valence-electron chi connectivity index (χ0n) is 35.3. The van der Waals surface area contributed by atoms with Crippen LogP contribution in [0.25, 0.3) is 83.3 Å². The fourth-order valence-electron chi connectivity index (χ4n) is 10.1. The van der Waals surface area contributed by atoms with E-state index in [9.17, 15) is 0 Å². The highest BCUT2D eigenvalue weighted by Gasteiger charge is 2.35. The summed E-state index contributed by atoms with van der Waals surface area (Å²) in [7, 11) is 0. The maximum absolute atomic E-state index is 5.52. The van der Waals surface area contributed by atoms with Crippen LogP contribution in [0.4, 0.5) is 17.1 Å². The minimum Gasteiger partial charge on any atom is -0.310 e. The fraction of sp³-hybridized carbons (Fsp3) is 0.0847. The van der Waals surface area contributed by atoms with E-state index in [1.807, 2.05) is 0 Å². The molecule has 0 saturated heterocycles. The monoisotopic (exact) mass is 808 g/mol. The predicted octanol–water partition coefficient (Wildman–Crippen LogP) is 15.7. The Hall–Kier alpha value is -7.82. The van der Waals surface area contributed by atoms with Crippen molar-refractivity contribution in [1.82, 2.24) is 14.5 Å². The smallest absolute Gasteiger partial charge is 0.0973 e. The first-order valence-electron chi connectivity index (χ1n) is 22.0. The Morgan fingerprint density at radius 3 is 1.95 bits per heavy atom. The summed E-state index contributed by atoms with van der Waals surface area (Å²) in [6.07, 6.45) is 9.04. The molecule has 10 aromatic rings. The van der Waals surface area contributed by atoms with Crippen molar-refractivity contribution in [3.63, 3.8) is 0 Å². The molecule has 0 spiro atoms. The highest BCUT2D eigenvalue weighted by atomic mass is 15.1. The molecule has 0 aliphatic heterocycles. The summed E-state index contributed by atoms with van der Waals surface area (Å²) in [4.78, 5) is 13.3. The average molecular weight is 809 g/mol. The van der Waals surface area contributed by atoms with E-state index in [4.69, 9.17) is 9.97 Å². The van der Waals surface area contributed by atoms with Crippen molar-refractivity contribution in [2.24, 2.45) is 0 Å². The number of para-hydroxylation sites is 3. The van der Waals surface area contributed by atoms with E-state index in [0.717, 1.165) is 74.6 Å². The van der Waals surface area contributed by atoms with Crippen LogP contribution < -0.4 is 4.90 Å². The maximum Gasteiger partial charge on any atom is 0.0973 e. The van der Waals surface area contributed by atoms with Gasteiger partial charge in [0.2, 0.25) is 0 Å². The summed E-state index contributed by atoms with van der Waals surface area (Å²) in [5.41, 5.74) is 19.9.